The molecular weight excluding hydrogens is 519 g/mol. The predicted octanol–water partition coefficient (Wildman–Crippen LogP) is 6.83. The van der Waals surface area contributed by atoms with Crippen LogP contribution in [0.5, 0.6) is 5.75 Å². The molecule has 0 spiro atoms. The summed E-state index contributed by atoms with van der Waals surface area (Å²) in [5, 5.41) is 3.82. The van der Waals surface area contributed by atoms with Gasteiger partial charge >= 0.3 is 0 Å². The molecule has 38 heavy (non-hydrogen) atoms. The fourth-order valence-corrected chi connectivity index (χ4v) is 4.58. The monoisotopic (exact) mass is 554 g/mol. The summed E-state index contributed by atoms with van der Waals surface area (Å²) in [6.07, 6.45) is 0.327. The van der Waals surface area contributed by atoms with Crippen LogP contribution in [0.2, 0.25) is 10.0 Å². The van der Waals surface area contributed by atoms with Gasteiger partial charge in [-0.15, -0.1) is 0 Å². The number of carbonyl (C=O) groups is 2. The molecule has 202 valence electrons. The third-order valence-corrected chi connectivity index (χ3v) is 6.88. The average Bonchev–Trinajstić information content (AvgIpc) is 2.86. The third kappa shape index (κ3) is 8.24. The smallest absolute Gasteiger partial charge is 0.261 e. The van der Waals surface area contributed by atoms with Crippen molar-refractivity contribution < 1.29 is 14.3 Å². The molecule has 7 heteroatoms. The Balaban J connectivity index is 1.92. The molecule has 0 saturated carbocycles. The summed E-state index contributed by atoms with van der Waals surface area (Å²) >= 11 is 13.0. The molecule has 0 heterocycles. The van der Waals surface area contributed by atoms with E-state index in [1.54, 1.807) is 18.2 Å². The van der Waals surface area contributed by atoms with E-state index < -0.39 is 6.04 Å². The van der Waals surface area contributed by atoms with Gasteiger partial charge in [-0.2, -0.15) is 0 Å². The van der Waals surface area contributed by atoms with Crippen LogP contribution in [0, 0.1) is 0 Å². The van der Waals surface area contributed by atoms with E-state index in [-0.39, 0.29) is 36.4 Å². The number of rotatable bonds is 10. The van der Waals surface area contributed by atoms with Gasteiger partial charge in [0.2, 0.25) is 5.91 Å². The highest BCUT2D eigenvalue weighted by Gasteiger charge is 2.32. The lowest BCUT2D eigenvalue weighted by Crippen LogP contribution is -2.52. The van der Waals surface area contributed by atoms with Crippen LogP contribution in [0.3, 0.4) is 0 Å². The summed E-state index contributed by atoms with van der Waals surface area (Å²) in [7, 11) is 0. The second kappa shape index (κ2) is 13.2. The number of carbonyl (C=O) groups excluding carboxylic acids is 2. The van der Waals surface area contributed by atoms with Crippen LogP contribution in [-0.4, -0.2) is 35.4 Å². The zero-order chi connectivity index (χ0) is 27.9. The first kappa shape index (κ1) is 29.5. The number of hydrogen-bond acceptors (Lipinski definition) is 3. The number of amides is 2. The lowest BCUT2D eigenvalue weighted by atomic mass is 9.87. The standard InChI is InChI=1S/C31H36Cl2N2O3/c1-21(2)34-30(37)28(18-22-10-7-6-8-11-22)35(19-25-26(32)12-9-13-27(25)33)29(36)20-38-24-16-14-23(15-17-24)31(3,4)5/h6-17,21,28H,18-20H2,1-5H3,(H,34,37). The Morgan fingerprint density at radius 2 is 1.50 bits per heavy atom. The maximum Gasteiger partial charge on any atom is 0.261 e. The normalized spacial score (nSPS) is 12.2. The number of nitrogens with one attached hydrogen (secondary N) is 1. The van der Waals surface area contributed by atoms with Crippen molar-refractivity contribution in [2.75, 3.05) is 6.61 Å². The van der Waals surface area contributed by atoms with Crippen molar-refractivity contribution in [1.29, 1.82) is 0 Å². The Bertz CT molecular complexity index is 1200. The van der Waals surface area contributed by atoms with E-state index in [1.807, 2.05) is 68.4 Å². The molecule has 0 radical (unpaired) electrons. The Morgan fingerprint density at radius 1 is 0.895 bits per heavy atom. The van der Waals surface area contributed by atoms with Crippen molar-refractivity contribution in [2.45, 2.75) is 65.1 Å². The molecule has 3 rings (SSSR count). The Kier molecular flexibility index (Phi) is 10.2. The summed E-state index contributed by atoms with van der Waals surface area (Å²) in [5.41, 5.74) is 2.68. The zero-order valence-corrected chi connectivity index (χ0v) is 24.1. The molecule has 2 amide bonds. The summed E-state index contributed by atoms with van der Waals surface area (Å²) < 4.78 is 5.89. The molecule has 0 fully saturated rings. The molecule has 1 unspecified atom stereocenters. The van der Waals surface area contributed by atoms with E-state index in [0.717, 1.165) is 5.56 Å². The Hall–Kier alpha value is -3.02. The minimum absolute atomic E-state index is 0.00774. The number of nitrogens with zero attached hydrogens (tertiary/aromatic N) is 1. The van der Waals surface area contributed by atoms with Crippen LogP contribution >= 0.6 is 23.2 Å². The van der Waals surface area contributed by atoms with Gasteiger partial charge in [-0.05, 0) is 54.7 Å². The number of halogens is 2. The quantitative estimate of drug-likeness (QED) is 0.298. The topological polar surface area (TPSA) is 58.6 Å². The minimum atomic E-state index is -0.800. The molecular formula is C31H36Cl2N2O3. The molecule has 1 N–H and O–H groups in total. The first-order valence-corrected chi connectivity index (χ1v) is 13.5. The maximum atomic E-state index is 13.7. The van der Waals surface area contributed by atoms with E-state index in [0.29, 0.717) is 27.8 Å². The van der Waals surface area contributed by atoms with Crippen LogP contribution < -0.4 is 10.1 Å². The van der Waals surface area contributed by atoms with Crippen LogP contribution in [-0.2, 0) is 28.0 Å². The number of hydrogen-bond donors (Lipinski definition) is 1. The van der Waals surface area contributed by atoms with Crippen molar-refractivity contribution in [3.05, 3.63) is 99.5 Å². The van der Waals surface area contributed by atoms with Gasteiger partial charge in [-0.1, -0.05) is 92.5 Å². The van der Waals surface area contributed by atoms with Crippen molar-refractivity contribution >= 4 is 35.0 Å². The van der Waals surface area contributed by atoms with Gasteiger partial charge in [0.1, 0.15) is 11.8 Å². The Morgan fingerprint density at radius 3 is 2.05 bits per heavy atom. The van der Waals surface area contributed by atoms with Crippen molar-refractivity contribution in [3.63, 3.8) is 0 Å². The van der Waals surface area contributed by atoms with Crippen LogP contribution in [0.15, 0.2) is 72.8 Å². The van der Waals surface area contributed by atoms with Gasteiger partial charge in [0.15, 0.2) is 6.61 Å². The highest BCUT2D eigenvalue weighted by atomic mass is 35.5. The van der Waals surface area contributed by atoms with Crippen LogP contribution in [0.4, 0.5) is 0 Å². The fourth-order valence-electron chi connectivity index (χ4n) is 4.07. The highest BCUT2D eigenvalue weighted by Crippen LogP contribution is 2.28. The van der Waals surface area contributed by atoms with Gasteiger partial charge in [-0.25, -0.2) is 0 Å². The molecule has 0 saturated heterocycles. The lowest BCUT2D eigenvalue weighted by molar-refractivity contribution is -0.143. The van der Waals surface area contributed by atoms with E-state index in [1.165, 1.54) is 10.5 Å². The van der Waals surface area contributed by atoms with Crippen molar-refractivity contribution in [3.8, 4) is 5.75 Å². The minimum Gasteiger partial charge on any atom is -0.484 e. The van der Waals surface area contributed by atoms with Crippen LogP contribution in [0.25, 0.3) is 0 Å². The van der Waals surface area contributed by atoms with Gasteiger partial charge in [0.25, 0.3) is 5.91 Å². The first-order valence-electron chi connectivity index (χ1n) is 12.8. The second-order valence-corrected chi connectivity index (χ2v) is 11.5. The third-order valence-electron chi connectivity index (χ3n) is 6.17. The number of benzene rings is 3. The summed E-state index contributed by atoms with van der Waals surface area (Å²) in [5.74, 6) is -0.0241. The second-order valence-electron chi connectivity index (χ2n) is 10.7. The van der Waals surface area contributed by atoms with Crippen LogP contribution in [0.1, 0.15) is 51.3 Å². The largest absolute Gasteiger partial charge is 0.484 e. The molecule has 5 nitrogen and oxygen atoms in total. The molecule has 3 aromatic carbocycles. The highest BCUT2D eigenvalue weighted by molar-refractivity contribution is 6.36. The molecule has 1 atom stereocenters. The molecule has 0 aliphatic heterocycles. The summed E-state index contributed by atoms with van der Waals surface area (Å²) in [6, 6.07) is 21.6. The number of ether oxygens (including phenoxy) is 1. The van der Waals surface area contributed by atoms with E-state index in [2.05, 4.69) is 26.1 Å². The Labute approximate surface area is 236 Å². The molecule has 0 aliphatic rings. The molecule has 3 aromatic rings. The zero-order valence-electron chi connectivity index (χ0n) is 22.6. The maximum absolute atomic E-state index is 13.7. The van der Waals surface area contributed by atoms with E-state index in [4.69, 9.17) is 27.9 Å². The lowest BCUT2D eigenvalue weighted by Gasteiger charge is -2.32. The first-order chi connectivity index (χ1) is 18.0. The van der Waals surface area contributed by atoms with Gasteiger partial charge in [0.05, 0.1) is 0 Å². The molecule has 0 aliphatic carbocycles. The van der Waals surface area contributed by atoms with E-state index in [9.17, 15) is 9.59 Å². The SMILES string of the molecule is CC(C)NC(=O)C(Cc1ccccc1)N(Cc1c(Cl)cccc1Cl)C(=O)COc1ccc(C(C)(C)C)cc1. The summed E-state index contributed by atoms with van der Waals surface area (Å²) in [6.45, 7) is 10.0. The van der Waals surface area contributed by atoms with Crippen molar-refractivity contribution in [2.24, 2.45) is 0 Å². The van der Waals surface area contributed by atoms with Gasteiger partial charge < -0.3 is 15.0 Å². The molecule has 0 aromatic heterocycles. The van der Waals surface area contributed by atoms with Gasteiger partial charge in [0, 0.05) is 34.6 Å². The predicted molar refractivity (Wildman–Crippen MR) is 155 cm³/mol. The fraction of sp³-hybridized carbons (Fsp3) is 0.355. The average molecular weight is 556 g/mol. The summed E-state index contributed by atoms with van der Waals surface area (Å²) in [4.78, 5) is 28.7. The van der Waals surface area contributed by atoms with E-state index >= 15 is 0 Å². The molecule has 0 bridgehead atoms. The van der Waals surface area contributed by atoms with Gasteiger partial charge in [-0.3, -0.25) is 9.59 Å². The van der Waals surface area contributed by atoms with Crippen molar-refractivity contribution in [1.82, 2.24) is 10.2 Å².